The fraction of sp³-hybridized carbons (Fsp3) is 0.346. The first kappa shape index (κ1) is 28.9. The first-order chi connectivity index (χ1) is 19.1. The van der Waals surface area contributed by atoms with Gasteiger partial charge in [0.05, 0.1) is 31.9 Å². The summed E-state index contributed by atoms with van der Waals surface area (Å²) < 4.78 is 60.4. The molecule has 4 rings (SSSR count). The SMILES string of the molecule is O=C(OCCOC(CO)CO)OCC1CN(c2ccc3cc(-c4ccccc4C(F)(F)F)[nH]c(=O)c3c2)C(=O)O1. The van der Waals surface area contributed by atoms with Crippen LogP contribution in [0.1, 0.15) is 5.56 Å². The van der Waals surface area contributed by atoms with Crippen molar-refractivity contribution in [1.82, 2.24) is 4.98 Å². The van der Waals surface area contributed by atoms with Crippen molar-refractivity contribution in [2.75, 3.05) is 44.5 Å². The fourth-order valence-electron chi connectivity index (χ4n) is 4.05. The number of anilines is 1. The van der Waals surface area contributed by atoms with Gasteiger partial charge in [0.15, 0.2) is 6.10 Å². The van der Waals surface area contributed by atoms with Gasteiger partial charge in [0, 0.05) is 22.3 Å². The van der Waals surface area contributed by atoms with E-state index in [4.69, 9.17) is 29.2 Å². The molecule has 214 valence electrons. The lowest BCUT2D eigenvalue weighted by atomic mass is 10.0. The summed E-state index contributed by atoms with van der Waals surface area (Å²) in [6.07, 6.45) is -8.02. The van der Waals surface area contributed by atoms with Crippen molar-refractivity contribution in [2.24, 2.45) is 0 Å². The predicted molar refractivity (Wildman–Crippen MR) is 134 cm³/mol. The number of pyridine rings is 1. The predicted octanol–water partition coefficient (Wildman–Crippen LogP) is 3.06. The molecule has 2 heterocycles. The Labute approximate surface area is 224 Å². The number of halogens is 3. The summed E-state index contributed by atoms with van der Waals surface area (Å²) in [4.78, 5) is 40.7. The van der Waals surface area contributed by atoms with Crippen LogP contribution in [0.2, 0.25) is 0 Å². The molecule has 3 aromatic rings. The zero-order valence-electron chi connectivity index (χ0n) is 20.8. The highest BCUT2D eigenvalue weighted by molar-refractivity contribution is 5.94. The van der Waals surface area contributed by atoms with E-state index in [1.54, 1.807) is 0 Å². The number of amides is 1. The minimum absolute atomic E-state index is 0.00368. The lowest BCUT2D eigenvalue weighted by molar-refractivity contribution is -0.137. The number of aliphatic hydroxyl groups excluding tert-OH is 2. The lowest BCUT2D eigenvalue weighted by Gasteiger charge is -2.15. The number of aliphatic hydroxyl groups is 2. The molecule has 40 heavy (non-hydrogen) atoms. The van der Waals surface area contributed by atoms with E-state index < -0.39 is 55.0 Å². The molecule has 0 bridgehead atoms. The Balaban J connectivity index is 1.40. The van der Waals surface area contributed by atoms with Crippen LogP contribution in [0.15, 0.2) is 53.3 Å². The van der Waals surface area contributed by atoms with Crippen molar-refractivity contribution in [1.29, 1.82) is 0 Å². The summed E-state index contributed by atoms with van der Waals surface area (Å²) in [6.45, 7) is -1.38. The number of alkyl halides is 3. The molecule has 1 aromatic heterocycles. The molecule has 1 amide bonds. The minimum atomic E-state index is -4.61. The summed E-state index contributed by atoms with van der Waals surface area (Å²) in [5.41, 5.74) is -1.40. The van der Waals surface area contributed by atoms with Crippen molar-refractivity contribution >= 4 is 28.7 Å². The van der Waals surface area contributed by atoms with Gasteiger partial charge in [-0.3, -0.25) is 9.69 Å². The van der Waals surface area contributed by atoms with Crippen LogP contribution in [0.4, 0.5) is 28.4 Å². The zero-order valence-corrected chi connectivity index (χ0v) is 20.8. The molecule has 1 fully saturated rings. The maximum absolute atomic E-state index is 13.5. The molecule has 0 spiro atoms. The molecule has 14 heteroatoms. The Morgan fingerprint density at radius 3 is 2.55 bits per heavy atom. The summed E-state index contributed by atoms with van der Waals surface area (Å²) >= 11 is 0. The quantitative estimate of drug-likeness (QED) is 0.249. The molecule has 1 aliphatic heterocycles. The van der Waals surface area contributed by atoms with Crippen LogP contribution in [-0.2, 0) is 25.1 Å². The van der Waals surface area contributed by atoms with Crippen LogP contribution >= 0.6 is 0 Å². The number of ether oxygens (including phenoxy) is 4. The highest BCUT2D eigenvalue weighted by atomic mass is 19.4. The molecule has 0 radical (unpaired) electrons. The number of aromatic nitrogens is 1. The van der Waals surface area contributed by atoms with Crippen LogP contribution in [0.5, 0.6) is 0 Å². The average molecular weight is 566 g/mol. The third kappa shape index (κ3) is 6.70. The van der Waals surface area contributed by atoms with Crippen LogP contribution in [-0.4, -0.2) is 79.2 Å². The van der Waals surface area contributed by atoms with Gasteiger partial charge >= 0.3 is 18.4 Å². The third-order valence-corrected chi connectivity index (χ3v) is 5.99. The molecule has 3 N–H and O–H groups in total. The van der Waals surface area contributed by atoms with Crippen LogP contribution < -0.4 is 10.5 Å². The number of benzene rings is 2. The second kappa shape index (κ2) is 12.4. The van der Waals surface area contributed by atoms with Gasteiger partial charge in [-0.15, -0.1) is 0 Å². The molecular weight excluding hydrogens is 541 g/mol. The Kier molecular flexibility index (Phi) is 8.92. The first-order valence-electron chi connectivity index (χ1n) is 12.1. The second-order valence-electron chi connectivity index (χ2n) is 8.71. The van der Waals surface area contributed by atoms with Crippen LogP contribution in [0, 0.1) is 0 Å². The van der Waals surface area contributed by atoms with Gasteiger partial charge in [0.25, 0.3) is 5.56 Å². The number of fused-ring (bicyclic) bond motifs is 1. The van der Waals surface area contributed by atoms with Crippen molar-refractivity contribution in [3.05, 3.63) is 64.4 Å². The number of cyclic esters (lactones) is 1. The number of hydrogen-bond donors (Lipinski definition) is 3. The Morgan fingerprint density at radius 1 is 1.07 bits per heavy atom. The standard InChI is InChI=1S/C26H25F3N2O9/c27-26(28,29)21-4-2-1-3-19(21)22-9-15-5-6-16(10-20(15)23(34)30-22)31-11-17(40-24(31)35)14-39-25(36)38-8-7-37-18(12-32)13-33/h1-6,9-10,17-18,32-33H,7-8,11-14H2,(H,30,34). The van der Waals surface area contributed by atoms with E-state index in [-0.39, 0.29) is 43.0 Å². The number of nitrogens with one attached hydrogen (secondary N) is 1. The van der Waals surface area contributed by atoms with Gasteiger partial charge in [-0.2, -0.15) is 13.2 Å². The third-order valence-electron chi connectivity index (χ3n) is 5.99. The van der Waals surface area contributed by atoms with E-state index >= 15 is 0 Å². The summed E-state index contributed by atoms with van der Waals surface area (Å²) in [5, 5.41) is 18.3. The largest absolute Gasteiger partial charge is 0.508 e. The number of nitrogens with zero attached hydrogens (tertiary/aromatic N) is 1. The number of carbonyl (C=O) groups is 2. The molecular formula is C26H25F3N2O9. The minimum Gasteiger partial charge on any atom is -0.440 e. The molecule has 1 unspecified atom stereocenters. The number of hydrogen-bond acceptors (Lipinski definition) is 9. The molecule has 0 aliphatic carbocycles. The number of aromatic amines is 1. The lowest BCUT2D eigenvalue weighted by Crippen LogP contribution is -2.27. The van der Waals surface area contributed by atoms with E-state index in [1.807, 2.05) is 0 Å². The first-order valence-corrected chi connectivity index (χ1v) is 12.1. The molecule has 1 saturated heterocycles. The highest BCUT2D eigenvalue weighted by Gasteiger charge is 2.35. The van der Waals surface area contributed by atoms with Crippen LogP contribution in [0.3, 0.4) is 0 Å². The maximum atomic E-state index is 13.5. The molecule has 1 aliphatic rings. The Hall–Kier alpha value is -4.14. The monoisotopic (exact) mass is 566 g/mol. The summed E-state index contributed by atoms with van der Waals surface area (Å²) in [5.74, 6) is 0. The van der Waals surface area contributed by atoms with E-state index in [2.05, 4.69) is 4.98 Å². The number of carbonyl (C=O) groups excluding carboxylic acids is 2. The molecule has 2 aromatic carbocycles. The molecule has 11 nitrogen and oxygen atoms in total. The molecule has 0 saturated carbocycles. The van der Waals surface area contributed by atoms with E-state index in [0.717, 1.165) is 6.07 Å². The van der Waals surface area contributed by atoms with Crippen LogP contribution in [0.25, 0.3) is 22.0 Å². The topological polar surface area (TPSA) is 148 Å². The van der Waals surface area contributed by atoms with Gasteiger partial charge in [-0.1, -0.05) is 24.3 Å². The smallest absolute Gasteiger partial charge is 0.440 e. The fourth-order valence-corrected chi connectivity index (χ4v) is 4.05. The average Bonchev–Trinajstić information content (AvgIpc) is 3.31. The van der Waals surface area contributed by atoms with Gasteiger partial charge in [0.2, 0.25) is 0 Å². The summed E-state index contributed by atoms with van der Waals surface area (Å²) in [7, 11) is 0. The van der Waals surface area contributed by atoms with Crippen molar-refractivity contribution in [3.63, 3.8) is 0 Å². The van der Waals surface area contributed by atoms with E-state index in [1.165, 1.54) is 47.4 Å². The summed E-state index contributed by atoms with van der Waals surface area (Å²) in [6, 6.07) is 10.8. The van der Waals surface area contributed by atoms with Gasteiger partial charge < -0.3 is 34.1 Å². The zero-order chi connectivity index (χ0) is 28.9. The van der Waals surface area contributed by atoms with Gasteiger partial charge in [0.1, 0.15) is 19.3 Å². The van der Waals surface area contributed by atoms with Gasteiger partial charge in [-0.25, -0.2) is 9.59 Å². The van der Waals surface area contributed by atoms with Gasteiger partial charge in [-0.05, 0) is 29.7 Å². The Morgan fingerprint density at radius 2 is 1.82 bits per heavy atom. The Bertz CT molecular complexity index is 1420. The van der Waals surface area contributed by atoms with E-state index in [9.17, 15) is 27.6 Å². The highest BCUT2D eigenvalue weighted by Crippen LogP contribution is 2.36. The molecule has 1 atom stereocenters. The normalized spacial score (nSPS) is 15.5. The maximum Gasteiger partial charge on any atom is 0.508 e. The van der Waals surface area contributed by atoms with Crippen molar-refractivity contribution < 1.29 is 51.9 Å². The second-order valence-corrected chi connectivity index (χ2v) is 8.71. The number of rotatable bonds is 10. The number of H-pyrrole nitrogens is 1. The van der Waals surface area contributed by atoms with E-state index in [0.29, 0.717) is 11.1 Å². The van der Waals surface area contributed by atoms with Crippen molar-refractivity contribution in [2.45, 2.75) is 18.4 Å². The van der Waals surface area contributed by atoms with Crippen molar-refractivity contribution in [3.8, 4) is 11.3 Å².